The maximum atomic E-state index is 13.7. The third-order valence-corrected chi connectivity index (χ3v) is 8.00. The molecule has 10 N–H and O–H groups in total. The van der Waals surface area contributed by atoms with Crippen molar-refractivity contribution in [3.8, 4) is 0 Å². The summed E-state index contributed by atoms with van der Waals surface area (Å²) < 4.78 is 0. The highest BCUT2D eigenvalue weighted by Gasteiger charge is 2.40. The predicted molar refractivity (Wildman–Crippen MR) is 172 cm³/mol. The van der Waals surface area contributed by atoms with E-state index in [0.29, 0.717) is 25.8 Å². The maximum absolute atomic E-state index is 13.7. The molecule has 1 aliphatic heterocycles. The van der Waals surface area contributed by atoms with Gasteiger partial charge in [-0.2, -0.15) is 0 Å². The minimum atomic E-state index is -1.58. The number of amides is 5. The fourth-order valence-corrected chi connectivity index (χ4v) is 5.22. The Bertz CT molecular complexity index is 1110. The van der Waals surface area contributed by atoms with Gasteiger partial charge in [-0.25, -0.2) is 4.79 Å². The number of hydrogen-bond donors (Lipinski definition) is 8. The molecule has 16 heteroatoms. The number of carboxylic acid groups (broad SMARTS) is 2. The highest BCUT2D eigenvalue weighted by Crippen LogP contribution is 2.20. The fourth-order valence-electron chi connectivity index (χ4n) is 5.22. The third kappa shape index (κ3) is 13.5. The first-order chi connectivity index (χ1) is 21.9. The Kier molecular flexibility index (Phi) is 17.3. The van der Waals surface area contributed by atoms with Gasteiger partial charge in [0.25, 0.3) is 0 Å². The molecular weight excluding hydrogens is 614 g/mol. The van der Waals surface area contributed by atoms with Gasteiger partial charge in [-0.05, 0) is 62.8 Å². The molecule has 0 aliphatic carbocycles. The lowest BCUT2D eigenvalue weighted by Gasteiger charge is -2.31. The van der Waals surface area contributed by atoms with Crippen LogP contribution in [0.4, 0.5) is 0 Å². The van der Waals surface area contributed by atoms with Crippen LogP contribution in [0.3, 0.4) is 0 Å². The third-order valence-electron chi connectivity index (χ3n) is 8.00. The van der Waals surface area contributed by atoms with Gasteiger partial charge in [0.05, 0.1) is 12.5 Å². The van der Waals surface area contributed by atoms with Crippen molar-refractivity contribution in [2.75, 3.05) is 13.1 Å². The van der Waals surface area contributed by atoms with E-state index >= 15 is 0 Å². The van der Waals surface area contributed by atoms with Crippen LogP contribution < -0.4 is 32.7 Å². The minimum absolute atomic E-state index is 0.0915. The molecule has 1 saturated heterocycles. The lowest BCUT2D eigenvalue weighted by molar-refractivity contribution is -0.147. The van der Waals surface area contributed by atoms with E-state index < -0.39 is 84.1 Å². The first kappa shape index (κ1) is 41.2. The average Bonchev–Trinajstić information content (AvgIpc) is 3.47. The largest absolute Gasteiger partial charge is 0.481 e. The molecule has 0 aromatic carbocycles. The van der Waals surface area contributed by atoms with Crippen LogP contribution in [0.15, 0.2) is 0 Å². The number of unbranched alkanes of at least 4 members (excludes halogenated alkanes) is 1. The summed E-state index contributed by atoms with van der Waals surface area (Å²) in [6, 6.07) is -6.91. The van der Waals surface area contributed by atoms with E-state index in [-0.39, 0.29) is 43.6 Å². The zero-order valence-corrected chi connectivity index (χ0v) is 28.4. The molecule has 0 aromatic heterocycles. The van der Waals surface area contributed by atoms with Crippen LogP contribution in [-0.4, -0.2) is 106 Å². The summed E-state index contributed by atoms with van der Waals surface area (Å²) >= 11 is 0. The van der Waals surface area contributed by atoms with Gasteiger partial charge in [0.2, 0.25) is 29.5 Å². The van der Waals surface area contributed by atoms with Crippen molar-refractivity contribution >= 4 is 41.5 Å². The molecule has 268 valence electrons. The second kappa shape index (κ2) is 19.8. The Hall–Kier alpha value is -3.79. The molecule has 16 nitrogen and oxygen atoms in total. The molecule has 1 fully saturated rings. The summed E-state index contributed by atoms with van der Waals surface area (Å²) in [5.74, 6) is -6.80. The van der Waals surface area contributed by atoms with Crippen molar-refractivity contribution < 1.29 is 43.8 Å². The van der Waals surface area contributed by atoms with Crippen molar-refractivity contribution in [3.05, 3.63) is 0 Å². The molecule has 5 amide bonds. The molecule has 1 aliphatic rings. The van der Waals surface area contributed by atoms with Gasteiger partial charge in [-0.15, -0.1) is 0 Å². The van der Waals surface area contributed by atoms with Gasteiger partial charge in [0.15, 0.2) is 0 Å². The SMILES string of the molecule is CC(C)C[C@H](NC(=O)[C@@H](NC(=O)[C@@H](N)C(C)C)C(C)C)C(=O)N[C@@H](CC(=O)O)C(=O)N1CCC[C@H]1C(=O)N[C@@H](CCCCN)C(=O)O. The molecule has 1 heterocycles. The molecule has 0 radical (unpaired) electrons. The van der Waals surface area contributed by atoms with Gasteiger partial charge >= 0.3 is 11.9 Å². The van der Waals surface area contributed by atoms with Gasteiger partial charge in [0, 0.05) is 6.54 Å². The van der Waals surface area contributed by atoms with E-state index in [9.17, 15) is 43.8 Å². The van der Waals surface area contributed by atoms with Crippen LogP contribution in [0.1, 0.15) is 86.5 Å². The van der Waals surface area contributed by atoms with Crippen LogP contribution in [0.25, 0.3) is 0 Å². The maximum Gasteiger partial charge on any atom is 0.326 e. The molecule has 6 atom stereocenters. The molecule has 0 aromatic rings. The number of carbonyl (C=O) groups is 7. The average molecular weight is 670 g/mol. The van der Waals surface area contributed by atoms with Crippen molar-refractivity contribution in [1.82, 2.24) is 26.2 Å². The molecule has 1 rings (SSSR count). The lowest BCUT2D eigenvalue weighted by Crippen LogP contribution is -2.60. The number of nitrogens with one attached hydrogen (secondary N) is 4. The van der Waals surface area contributed by atoms with Crippen LogP contribution in [-0.2, 0) is 33.6 Å². The summed E-state index contributed by atoms with van der Waals surface area (Å²) in [5.41, 5.74) is 11.4. The normalized spacial score (nSPS) is 17.9. The van der Waals surface area contributed by atoms with Crippen LogP contribution in [0, 0.1) is 17.8 Å². The predicted octanol–water partition coefficient (Wildman–Crippen LogP) is -0.710. The second-order valence-corrected chi connectivity index (χ2v) is 13.2. The van der Waals surface area contributed by atoms with Gasteiger partial charge in [-0.1, -0.05) is 41.5 Å². The summed E-state index contributed by atoms with van der Waals surface area (Å²) in [7, 11) is 0. The summed E-state index contributed by atoms with van der Waals surface area (Å²) in [5, 5.41) is 29.4. The van der Waals surface area contributed by atoms with E-state index in [0.717, 1.165) is 4.90 Å². The van der Waals surface area contributed by atoms with Crippen molar-refractivity contribution in [3.63, 3.8) is 0 Å². The Labute approximate surface area is 276 Å². The molecule has 0 saturated carbocycles. The Morgan fingerprint density at radius 3 is 1.91 bits per heavy atom. The van der Waals surface area contributed by atoms with Crippen LogP contribution in [0.2, 0.25) is 0 Å². The van der Waals surface area contributed by atoms with E-state index in [1.54, 1.807) is 27.7 Å². The smallest absolute Gasteiger partial charge is 0.326 e. The number of likely N-dealkylation sites (tertiary alicyclic amines) is 1. The molecule has 0 bridgehead atoms. The van der Waals surface area contributed by atoms with Crippen molar-refractivity contribution in [1.29, 1.82) is 0 Å². The number of rotatable bonds is 20. The Morgan fingerprint density at radius 1 is 0.787 bits per heavy atom. The first-order valence-corrected chi connectivity index (χ1v) is 16.3. The molecule has 47 heavy (non-hydrogen) atoms. The van der Waals surface area contributed by atoms with E-state index in [1.165, 1.54) is 0 Å². The number of hydrogen-bond acceptors (Lipinski definition) is 9. The quantitative estimate of drug-likeness (QED) is 0.0751. The minimum Gasteiger partial charge on any atom is -0.481 e. The van der Waals surface area contributed by atoms with Crippen LogP contribution in [0.5, 0.6) is 0 Å². The highest BCUT2D eigenvalue weighted by molar-refractivity contribution is 5.97. The number of aliphatic carboxylic acids is 2. The Balaban J connectivity index is 3.17. The van der Waals surface area contributed by atoms with Crippen LogP contribution >= 0.6 is 0 Å². The van der Waals surface area contributed by atoms with E-state index in [4.69, 9.17) is 11.5 Å². The summed E-state index contributed by atoms with van der Waals surface area (Å²) in [6.07, 6.45) is 1.13. The zero-order valence-electron chi connectivity index (χ0n) is 28.4. The molecule has 0 spiro atoms. The summed E-state index contributed by atoms with van der Waals surface area (Å²) in [4.78, 5) is 90.9. The topological polar surface area (TPSA) is 263 Å². The lowest BCUT2D eigenvalue weighted by atomic mass is 9.98. The second-order valence-electron chi connectivity index (χ2n) is 13.2. The molecular formula is C31H55N7O9. The van der Waals surface area contributed by atoms with Gasteiger partial charge < -0.3 is 47.8 Å². The van der Waals surface area contributed by atoms with Crippen molar-refractivity contribution in [2.24, 2.45) is 29.2 Å². The van der Waals surface area contributed by atoms with E-state index in [2.05, 4.69) is 21.3 Å². The summed E-state index contributed by atoms with van der Waals surface area (Å²) in [6.45, 7) is 11.0. The van der Waals surface area contributed by atoms with E-state index in [1.807, 2.05) is 13.8 Å². The number of carboxylic acids is 2. The van der Waals surface area contributed by atoms with Gasteiger partial charge in [-0.3, -0.25) is 28.8 Å². The number of nitrogens with zero attached hydrogens (tertiary/aromatic N) is 1. The number of nitrogens with two attached hydrogens (primary N) is 2. The Morgan fingerprint density at radius 2 is 1.40 bits per heavy atom. The highest BCUT2D eigenvalue weighted by atomic mass is 16.4. The fraction of sp³-hybridized carbons (Fsp3) is 0.774. The zero-order chi connectivity index (χ0) is 36.0. The molecule has 0 unspecified atom stereocenters. The first-order valence-electron chi connectivity index (χ1n) is 16.3. The van der Waals surface area contributed by atoms with Crippen molar-refractivity contribution in [2.45, 2.75) is 123 Å². The standard InChI is InChI=1S/C31H55N7O9/c1-16(2)14-20(35-29(44)25(18(5)6)37-28(43)24(33)17(3)4)26(41)36-21(15-23(39)40)30(45)38-13-9-11-22(38)27(42)34-19(31(46)47)10-7-8-12-32/h16-22,24-25H,7-15,32-33H2,1-6H3,(H,34,42)(H,35,44)(H,36,41)(H,37,43)(H,39,40)(H,46,47)/t19-,20-,21-,22-,24-,25-/m0/s1. The van der Waals surface area contributed by atoms with Gasteiger partial charge in [0.1, 0.15) is 30.2 Å². The number of carbonyl (C=O) groups excluding carboxylic acids is 5. The monoisotopic (exact) mass is 669 g/mol.